The van der Waals surface area contributed by atoms with Gasteiger partial charge in [-0.25, -0.2) is 0 Å². The molecule has 158 valence electrons. The molecule has 0 spiro atoms. The van der Waals surface area contributed by atoms with Crippen LogP contribution >= 0.6 is 11.8 Å². The molecule has 0 radical (unpaired) electrons. The Morgan fingerprint density at radius 1 is 1.13 bits per heavy atom. The molecule has 2 aromatic carbocycles. The smallest absolute Gasteiger partial charge is 0.234 e. The minimum atomic E-state index is -0.0564. The van der Waals surface area contributed by atoms with Crippen molar-refractivity contribution < 1.29 is 4.79 Å². The summed E-state index contributed by atoms with van der Waals surface area (Å²) in [7, 11) is 4.03. The number of nitrogens with one attached hydrogen (secondary N) is 1. The van der Waals surface area contributed by atoms with E-state index in [-0.39, 0.29) is 11.7 Å². The van der Waals surface area contributed by atoms with Gasteiger partial charge in [-0.1, -0.05) is 49.9 Å². The Morgan fingerprint density at radius 2 is 1.87 bits per heavy atom. The zero-order valence-corrected chi connectivity index (χ0v) is 19.0. The van der Waals surface area contributed by atoms with Gasteiger partial charge in [0.15, 0.2) is 11.0 Å². The highest BCUT2D eigenvalue weighted by Gasteiger charge is 2.15. The van der Waals surface area contributed by atoms with Crippen LogP contribution in [0.2, 0.25) is 0 Å². The van der Waals surface area contributed by atoms with E-state index in [0.29, 0.717) is 5.92 Å². The summed E-state index contributed by atoms with van der Waals surface area (Å²) in [6, 6.07) is 16.2. The summed E-state index contributed by atoms with van der Waals surface area (Å²) in [4.78, 5) is 14.5. The number of thioether (sulfide) groups is 1. The van der Waals surface area contributed by atoms with Crippen LogP contribution in [0.3, 0.4) is 0 Å². The van der Waals surface area contributed by atoms with Gasteiger partial charge in [-0.2, -0.15) is 0 Å². The van der Waals surface area contributed by atoms with Gasteiger partial charge in [-0.05, 0) is 42.7 Å². The molecule has 30 heavy (non-hydrogen) atoms. The van der Waals surface area contributed by atoms with Crippen molar-refractivity contribution in [2.45, 2.75) is 38.4 Å². The van der Waals surface area contributed by atoms with Gasteiger partial charge >= 0.3 is 0 Å². The lowest BCUT2D eigenvalue weighted by Gasteiger charge is -2.14. The number of amides is 1. The number of aromatic nitrogens is 3. The molecular weight excluding hydrogens is 394 g/mol. The van der Waals surface area contributed by atoms with Crippen LogP contribution in [0.25, 0.3) is 11.4 Å². The fourth-order valence-electron chi connectivity index (χ4n) is 3.10. The van der Waals surface area contributed by atoms with E-state index >= 15 is 0 Å². The van der Waals surface area contributed by atoms with Gasteiger partial charge in [0.1, 0.15) is 0 Å². The van der Waals surface area contributed by atoms with E-state index in [4.69, 9.17) is 0 Å². The average Bonchev–Trinajstić information content (AvgIpc) is 3.15. The lowest BCUT2D eigenvalue weighted by Crippen LogP contribution is -2.14. The van der Waals surface area contributed by atoms with Gasteiger partial charge in [0.25, 0.3) is 0 Å². The van der Waals surface area contributed by atoms with E-state index in [1.165, 1.54) is 17.3 Å². The zero-order chi connectivity index (χ0) is 21.7. The standard InChI is InChI=1S/C23H29N5OS/c1-6-28-22(18-8-7-9-20(14-18)27(4)5)25-26-23(28)30-15-21(29)24-19-12-10-17(11-13-19)16(2)3/h7-14,16H,6,15H2,1-5H3,(H,24,29). The Morgan fingerprint density at radius 3 is 2.50 bits per heavy atom. The highest BCUT2D eigenvalue weighted by atomic mass is 32.2. The quantitative estimate of drug-likeness (QED) is 0.523. The van der Waals surface area contributed by atoms with E-state index < -0.39 is 0 Å². The van der Waals surface area contributed by atoms with Gasteiger partial charge in [-0.3, -0.25) is 4.79 Å². The first-order valence-corrected chi connectivity index (χ1v) is 11.1. The minimum absolute atomic E-state index is 0.0564. The first-order chi connectivity index (χ1) is 14.4. The number of nitrogens with zero attached hydrogens (tertiary/aromatic N) is 4. The van der Waals surface area contributed by atoms with Crippen molar-refractivity contribution in [2.75, 3.05) is 30.1 Å². The third-order valence-electron chi connectivity index (χ3n) is 4.85. The lowest BCUT2D eigenvalue weighted by molar-refractivity contribution is -0.113. The fourth-order valence-corrected chi connectivity index (χ4v) is 3.90. The van der Waals surface area contributed by atoms with Gasteiger partial charge in [0.05, 0.1) is 5.75 Å². The van der Waals surface area contributed by atoms with Crippen LogP contribution in [-0.2, 0) is 11.3 Å². The summed E-state index contributed by atoms with van der Waals surface area (Å²) < 4.78 is 2.05. The number of hydrogen-bond acceptors (Lipinski definition) is 5. The van der Waals surface area contributed by atoms with Crippen LogP contribution < -0.4 is 10.2 Å². The first kappa shape index (κ1) is 21.9. The molecule has 3 rings (SSSR count). The summed E-state index contributed by atoms with van der Waals surface area (Å²) in [6.45, 7) is 7.09. The second-order valence-corrected chi connectivity index (χ2v) is 8.55. The maximum atomic E-state index is 12.4. The number of rotatable bonds is 8. The maximum Gasteiger partial charge on any atom is 0.234 e. The SMILES string of the molecule is CCn1c(SCC(=O)Nc2ccc(C(C)C)cc2)nnc1-c1cccc(N(C)C)c1. The topological polar surface area (TPSA) is 63.1 Å². The third kappa shape index (κ3) is 5.21. The molecule has 7 heteroatoms. The maximum absolute atomic E-state index is 12.4. The predicted octanol–water partition coefficient (Wildman–Crippen LogP) is 4.89. The van der Waals surface area contributed by atoms with Gasteiger partial charge in [0, 0.05) is 37.6 Å². The molecule has 1 aromatic heterocycles. The van der Waals surface area contributed by atoms with Crippen molar-refractivity contribution in [1.29, 1.82) is 0 Å². The minimum Gasteiger partial charge on any atom is -0.378 e. The van der Waals surface area contributed by atoms with Crippen LogP contribution in [0.4, 0.5) is 11.4 Å². The molecule has 0 aliphatic carbocycles. The summed E-state index contributed by atoms with van der Waals surface area (Å²) in [5.74, 6) is 1.51. The van der Waals surface area contributed by atoms with Crippen LogP contribution in [0.15, 0.2) is 53.7 Å². The second-order valence-electron chi connectivity index (χ2n) is 7.61. The first-order valence-electron chi connectivity index (χ1n) is 10.1. The second kappa shape index (κ2) is 9.80. The third-order valence-corrected chi connectivity index (χ3v) is 5.81. The Balaban J connectivity index is 1.67. The van der Waals surface area contributed by atoms with Crippen LogP contribution in [0.5, 0.6) is 0 Å². The highest BCUT2D eigenvalue weighted by molar-refractivity contribution is 7.99. The number of carbonyl (C=O) groups excluding carboxylic acids is 1. The number of anilines is 2. The molecule has 0 aliphatic heterocycles. The summed E-state index contributed by atoms with van der Waals surface area (Å²) in [6.07, 6.45) is 0. The fraction of sp³-hybridized carbons (Fsp3) is 0.348. The molecule has 0 saturated heterocycles. The number of carbonyl (C=O) groups is 1. The predicted molar refractivity (Wildman–Crippen MR) is 125 cm³/mol. The van der Waals surface area contributed by atoms with E-state index in [2.05, 4.69) is 65.5 Å². The molecule has 1 heterocycles. The Hall–Kier alpha value is -2.80. The monoisotopic (exact) mass is 423 g/mol. The molecule has 0 fully saturated rings. The van der Waals surface area contributed by atoms with Crippen LogP contribution in [0, 0.1) is 0 Å². The van der Waals surface area contributed by atoms with Crippen molar-refractivity contribution in [3.63, 3.8) is 0 Å². The van der Waals surface area contributed by atoms with Crippen molar-refractivity contribution in [1.82, 2.24) is 14.8 Å². The summed E-state index contributed by atoms with van der Waals surface area (Å²) in [5.41, 5.74) is 4.18. The molecule has 3 aromatic rings. The molecule has 0 unspecified atom stereocenters. The van der Waals surface area contributed by atoms with Crippen LogP contribution in [-0.4, -0.2) is 40.5 Å². The van der Waals surface area contributed by atoms with Crippen LogP contribution in [0.1, 0.15) is 32.3 Å². The Labute approximate surface area is 182 Å². The van der Waals surface area contributed by atoms with Crippen molar-refractivity contribution >= 4 is 29.0 Å². The molecular formula is C23H29N5OS. The number of benzene rings is 2. The molecule has 0 saturated carbocycles. The normalized spacial score (nSPS) is 11.0. The van der Waals surface area contributed by atoms with Gasteiger partial charge < -0.3 is 14.8 Å². The molecule has 0 atom stereocenters. The molecule has 0 aliphatic rings. The molecule has 1 amide bonds. The Bertz CT molecular complexity index is 995. The molecule has 0 bridgehead atoms. The molecule has 1 N–H and O–H groups in total. The van der Waals surface area contributed by atoms with E-state index in [9.17, 15) is 4.79 Å². The summed E-state index contributed by atoms with van der Waals surface area (Å²) >= 11 is 1.40. The highest BCUT2D eigenvalue weighted by Crippen LogP contribution is 2.26. The average molecular weight is 424 g/mol. The van der Waals surface area contributed by atoms with E-state index in [0.717, 1.165) is 34.5 Å². The van der Waals surface area contributed by atoms with Crippen molar-refractivity contribution in [2.24, 2.45) is 0 Å². The van der Waals surface area contributed by atoms with E-state index in [1.54, 1.807) is 0 Å². The van der Waals surface area contributed by atoms with Crippen molar-refractivity contribution in [3.05, 3.63) is 54.1 Å². The van der Waals surface area contributed by atoms with Gasteiger partial charge in [-0.15, -0.1) is 10.2 Å². The van der Waals surface area contributed by atoms with Gasteiger partial charge in [0.2, 0.25) is 5.91 Å². The largest absolute Gasteiger partial charge is 0.378 e. The van der Waals surface area contributed by atoms with E-state index in [1.807, 2.05) is 42.9 Å². The zero-order valence-electron chi connectivity index (χ0n) is 18.2. The lowest BCUT2D eigenvalue weighted by atomic mass is 10.0. The van der Waals surface area contributed by atoms with Crippen molar-refractivity contribution in [3.8, 4) is 11.4 Å². The molecule has 6 nitrogen and oxygen atoms in total. The Kier molecular flexibility index (Phi) is 7.15. The number of hydrogen-bond donors (Lipinski definition) is 1. The summed E-state index contributed by atoms with van der Waals surface area (Å²) in [5, 5.41) is 12.4.